The van der Waals surface area contributed by atoms with Crippen LogP contribution in [0.3, 0.4) is 0 Å². The third kappa shape index (κ3) is 3.21. The number of nitrogens with zero attached hydrogens (tertiary/aromatic N) is 1. The van der Waals surface area contributed by atoms with Crippen molar-refractivity contribution in [2.24, 2.45) is 0 Å². The molecular weight excluding hydrogens is 362 g/mol. The van der Waals surface area contributed by atoms with Gasteiger partial charge in [0.15, 0.2) is 0 Å². The van der Waals surface area contributed by atoms with E-state index in [1.165, 1.54) is 6.07 Å². The largest absolute Gasteiger partial charge is 0.478 e. The number of furan rings is 1. The van der Waals surface area contributed by atoms with Crippen molar-refractivity contribution < 1.29 is 19.1 Å². The molecule has 1 amide bonds. The van der Waals surface area contributed by atoms with E-state index in [1.807, 2.05) is 0 Å². The maximum atomic E-state index is 12.5. The van der Waals surface area contributed by atoms with E-state index in [9.17, 15) is 14.4 Å². The van der Waals surface area contributed by atoms with Crippen molar-refractivity contribution in [2.75, 3.05) is 0 Å². The molecule has 28 heavy (non-hydrogen) atoms. The van der Waals surface area contributed by atoms with Gasteiger partial charge < -0.3 is 19.8 Å². The minimum absolute atomic E-state index is 0.0740. The van der Waals surface area contributed by atoms with Crippen molar-refractivity contribution in [3.8, 4) is 0 Å². The van der Waals surface area contributed by atoms with E-state index in [1.54, 1.807) is 29.7 Å². The standard InChI is InChI=1S/C20H21N3O5/c1-11-15(19(25)26)9-14(28-11)10-21-18(24)12-6-7-17-16(8-12)22-20(27)23(17)13-4-2-3-5-13/h6-9,13H,2-5,10H2,1H3,(H,21,24)(H,22,27)(H,25,26). The Morgan fingerprint density at radius 3 is 2.71 bits per heavy atom. The van der Waals surface area contributed by atoms with E-state index >= 15 is 0 Å². The normalized spacial score (nSPS) is 14.6. The lowest BCUT2D eigenvalue weighted by atomic mass is 10.1. The Morgan fingerprint density at radius 2 is 2.04 bits per heavy atom. The number of carbonyl (C=O) groups excluding carboxylic acids is 1. The van der Waals surface area contributed by atoms with Gasteiger partial charge in [-0.3, -0.25) is 9.36 Å². The van der Waals surface area contributed by atoms with Crippen molar-refractivity contribution >= 4 is 22.9 Å². The Balaban J connectivity index is 1.52. The first kappa shape index (κ1) is 18.1. The van der Waals surface area contributed by atoms with Gasteiger partial charge in [0.25, 0.3) is 5.91 Å². The molecule has 0 spiro atoms. The fourth-order valence-electron chi connectivity index (χ4n) is 3.91. The number of imidazole rings is 1. The molecule has 2 heterocycles. The van der Waals surface area contributed by atoms with Gasteiger partial charge in [-0.2, -0.15) is 0 Å². The molecule has 8 heteroatoms. The van der Waals surface area contributed by atoms with Crippen molar-refractivity contribution in [1.29, 1.82) is 0 Å². The molecule has 0 bridgehead atoms. The Labute approximate surface area is 160 Å². The van der Waals surface area contributed by atoms with Crippen LogP contribution in [0.4, 0.5) is 0 Å². The highest BCUT2D eigenvalue weighted by molar-refractivity contribution is 5.97. The van der Waals surface area contributed by atoms with Crippen LogP contribution in [0.2, 0.25) is 0 Å². The van der Waals surface area contributed by atoms with Crippen molar-refractivity contribution in [3.63, 3.8) is 0 Å². The van der Waals surface area contributed by atoms with Gasteiger partial charge >= 0.3 is 11.7 Å². The van der Waals surface area contributed by atoms with Crippen LogP contribution in [0.1, 0.15) is 64.0 Å². The van der Waals surface area contributed by atoms with Crippen LogP contribution in [-0.4, -0.2) is 26.5 Å². The summed E-state index contributed by atoms with van der Waals surface area (Å²) in [5, 5.41) is 11.8. The number of aromatic nitrogens is 2. The van der Waals surface area contributed by atoms with Crippen LogP contribution in [0.25, 0.3) is 11.0 Å². The number of aromatic amines is 1. The minimum atomic E-state index is -1.07. The number of carbonyl (C=O) groups is 2. The lowest BCUT2D eigenvalue weighted by Gasteiger charge is -2.11. The lowest BCUT2D eigenvalue weighted by molar-refractivity contribution is 0.0694. The van der Waals surface area contributed by atoms with E-state index in [-0.39, 0.29) is 29.7 Å². The zero-order chi connectivity index (χ0) is 19.8. The molecule has 2 aromatic heterocycles. The number of fused-ring (bicyclic) bond motifs is 1. The first-order chi connectivity index (χ1) is 13.4. The monoisotopic (exact) mass is 383 g/mol. The number of aromatic carboxylic acids is 1. The third-order valence-corrected chi connectivity index (χ3v) is 5.29. The summed E-state index contributed by atoms with van der Waals surface area (Å²) >= 11 is 0. The van der Waals surface area contributed by atoms with Gasteiger partial charge in [0, 0.05) is 11.6 Å². The number of H-pyrrole nitrogens is 1. The number of carboxylic acid groups (broad SMARTS) is 1. The highest BCUT2D eigenvalue weighted by atomic mass is 16.4. The van der Waals surface area contributed by atoms with Crippen molar-refractivity contribution in [2.45, 2.75) is 45.2 Å². The first-order valence-electron chi connectivity index (χ1n) is 9.29. The van der Waals surface area contributed by atoms with Gasteiger partial charge in [0.05, 0.1) is 17.6 Å². The molecule has 0 saturated heterocycles. The fraction of sp³-hybridized carbons (Fsp3) is 0.350. The average Bonchev–Trinajstić information content (AvgIpc) is 3.36. The first-order valence-corrected chi connectivity index (χ1v) is 9.29. The Hall–Kier alpha value is -3.29. The molecule has 146 valence electrons. The summed E-state index contributed by atoms with van der Waals surface area (Å²) < 4.78 is 7.16. The maximum Gasteiger partial charge on any atom is 0.339 e. The summed E-state index contributed by atoms with van der Waals surface area (Å²) in [6, 6.07) is 6.76. The summed E-state index contributed by atoms with van der Waals surface area (Å²) in [5.74, 6) is -0.739. The molecule has 0 aliphatic heterocycles. The third-order valence-electron chi connectivity index (χ3n) is 5.29. The second kappa shape index (κ2) is 7.03. The van der Waals surface area contributed by atoms with Crippen molar-refractivity contribution in [3.05, 3.63) is 57.4 Å². The fourth-order valence-corrected chi connectivity index (χ4v) is 3.91. The second-order valence-corrected chi connectivity index (χ2v) is 7.14. The molecule has 1 aliphatic carbocycles. The Kier molecular flexibility index (Phi) is 4.54. The highest BCUT2D eigenvalue weighted by Gasteiger charge is 2.21. The number of nitrogens with one attached hydrogen (secondary N) is 2. The second-order valence-electron chi connectivity index (χ2n) is 7.14. The summed E-state index contributed by atoms with van der Waals surface area (Å²) in [4.78, 5) is 38.7. The van der Waals surface area contributed by atoms with Crippen LogP contribution < -0.4 is 11.0 Å². The summed E-state index contributed by atoms with van der Waals surface area (Å²) in [5.41, 5.74) is 1.78. The van der Waals surface area contributed by atoms with Gasteiger partial charge in [0.2, 0.25) is 0 Å². The van der Waals surface area contributed by atoms with Gasteiger partial charge in [-0.15, -0.1) is 0 Å². The Morgan fingerprint density at radius 1 is 1.29 bits per heavy atom. The number of hydrogen-bond donors (Lipinski definition) is 3. The molecule has 1 aliphatic rings. The van der Waals surface area contributed by atoms with Gasteiger partial charge in [-0.05, 0) is 44.0 Å². The van der Waals surface area contributed by atoms with Gasteiger partial charge in [-0.1, -0.05) is 12.8 Å². The predicted molar refractivity (Wildman–Crippen MR) is 102 cm³/mol. The smallest absolute Gasteiger partial charge is 0.339 e. The molecule has 0 radical (unpaired) electrons. The molecule has 0 unspecified atom stereocenters. The molecule has 1 saturated carbocycles. The zero-order valence-corrected chi connectivity index (χ0v) is 15.4. The number of aryl methyl sites for hydroxylation is 1. The molecule has 3 N–H and O–H groups in total. The van der Waals surface area contributed by atoms with Crippen LogP contribution >= 0.6 is 0 Å². The predicted octanol–water partition coefficient (Wildman–Crippen LogP) is 2.97. The van der Waals surface area contributed by atoms with Gasteiger partial charge in [0.1, 0.15) is 17.1 Å². The Bertz CT molecular complexity index is 1110. The number of carboxylic acids is 1. The van der Waals surface area contributed by atoms with E-state index in [0.717, 1.165) is 31.2 Å². The number of hydrogen-bond acceptors (Lipinski definition) is 4. The SMILES string of the molecule is Cc1oc(CNC(=O)c2ccc3c(c2)[nH]c(=O)n3C2CCCC2)cc1C(=O)O. The van der Waals surface area contributed by atoms with E-state index in [2.05, 4.69) is 10.3 Å². The van der Waals surface area contributed by atoms with E-state index < -0.39 is 5.97 Å². The molecule has 1 aromatic carbocycles. The molecular formula is C20H21N3O5. The number of benzene rings is 1. The van der Waals surface area contributed by atoms with E-state index in [0.29, 0.717) is 22.6 Å². The number of amides is 1. The van der Waals surface area contributed by atoms with Crippen LogP contribution in [0.5, 0.6) is 0 Å². The average molecular weight is 383 g/mol. The molecule has 8 nitrogen and oxygen atoms in total. The maximum absolute atomic E-state index is 12.5. The summed E-state index contributed by atoms with van der Waals surface area (Å²) in [6.45, 7) is 1.64. The summed E-state index contributed by atoms with van der Waals surface area (Å²) in [6.07, 6.45) is 4.24. The summed E-state index contributed by atoms with van der Waals surface area (Å²) in [7, 11) is 0. The molecule has 0 atom stereocenters. The molecule has 4 rings (SSSR count). The highest BCUT2D eigenvalue weighted by Crippen LogP contribution is 2.30. The van der Waals surface area contributed by atoms with E-state index in [4.69, 9.17) is 9.52 Å². The van der Waals surface area contributed by atoms with Gasteiger partial charge in [-0.25, -0.2) is 9.59 Å². The quantitative estimate of drug-likeness (QED) is 0.626. The van der Waals surface area contributed by atoms with Crippen LogP contribution in [-0.2, 0) is 6.54 Å². The van der Waals surface area contributed by atoms with Crippen molar-refractivity contribution in [1.82, 2.24) is 14.9 Å². The van der Waals surface area contributed by atoms with Crippen LogP contribution in [0.15, 0.2) is 33.5 Å². The molecule has 3 aromatic rings. The van der Waals surface area contributed by atoms with Crippen LogP contribution in [0, 0.1) is 6.92 Å². The molecule has 1 fully saturated rings. The number of rotatable bonds is 5. The minimum Gasteiger partial charge on any atom is -0.478 e. The zero-order valence-electron chi connectivity index (χ0n) is 15.4. The topological polar surface area (TPSA) is 117 Å². The lowest BCUT2D eigenvalue weighted by Crippen LogP contribution is -2.22.